The van der Waals surface area contributed by atoms with Crippen LogP contribution in [0.3, 0.4) is 0 Å². The van der Waals surface area contributed by atoms with Crippen molar-refractivity contribution in [2.75, 3.05) is 0 Å². The lowest BCUT2D eigenvalue weighted by Gasteiger charge is -2.08. The summed E-state index contributed by atoms with van der Waals surface area (Å²) in [4.78, 5) is 0. The van der Waals surface area contributed by atoms with Crippen LogP contribution in [0.25, 0.3) is 6.08 Å². The molecule has 0 spiro atoms. The van der Waals surface area contributed by atoms with E-state index < -0.39 is 0 Å². The van der Waals surface area contributed by atoms with Crippen molar-refractivity contribution in [3.8, 4) is 0 Å². The van der Waals surface area contributed by atoms with Crippen LogP contribution in [-0.2, 0) is 0 Å². The molecule has 13 heavy (non-hydrogen) atoms. The highest BCUT2D eigenvalue weighted by Gasteiger charge is 2.00. The predicted octanol–water partition coefficient (Wildman–Crippen LogP) is 4.23. The van der Waals surface area contributed by atoms with Crippen LogP contribution in [0.2, 0.25) is 0 Å². The zero-order valence-corrected chi connectivity index (χ0v) is 8.75. The van der Waals surface area contributed by atoms with Gasteiger partial charge in [-0.05, 0) is 30.4 Å². The van der Waals surface area contributed by atoms with Crippen LogP contribution in [-0.4, -0.2) is 0 Å². The fourth-order valence-electron chi connectivity index (χ4n) is 1.36. The highest BCUT2D eigenvalue weighted by Crippen LogP contribution is 2.18. The minimum Gasteiger partial charge on any atom is -0.0871 e. The first kappa shape index (κ1) is 10.0. The van der Waals surface area contributed by atoms with Crippen LogP contribution in [0.4, 0.5) is 0 Å². The number of benzene rings is 1. The summed E-state index contributed by atoms with van der Waals surface area (Å²) in [5, 5.41) is 0. The van der Waals surface area contributed by atoms with E-state index in [1.807, 2.05) is 6.92 Å². The van der Waals surface area contributed by atoms with E-state index >= 15 is 0 Å². The average molecular weight is 174 g/mol. The molecule has 0 aliphatic heterocycles. The molecule has 0 aliphatic rings. The maximum Gasteiger partial charge on any atom is -0.0193 e. The quantitative estimate of drug-likeness (QED) is 0.643. The highest BCUT2D eigenvalue weighted by molar-refractivity contribution is 5.49. The largest absolute Gasteiger partial charge is 0.0871 e. The van der Waals surface area contributed by atoms with Crippen LogP contribution < -0.4 is 0 Å². The summed E-state index contributed by atoms with van der Waals surface area (Å²) in [5.41, 5.74) is 2.73. The van der Waals surface area contributed by atoms with Gasteiger partial charge >= 0.3 is 0 Å². The smallest absolute Gasteiger partial charge is 0.0193 e. The van der Waals surface area contributed by atoms with Gasteiger partial charge in [0.05, 0.1) is 0 Å². The Morgan fingerprint density at radius 1 is 1.23 bits per heavy atom. The Morgan fingerprint density at radius 3 is 2.31 bits per heavy atom. The highest BCUT2D eigenvalue weighted by atomic mass is 14.1. The lowest BCUT2D eigenvalue weighted by Crippen LogP contribution is -1.90. The maximum absolute atomic E-state index is 2.27. The van der Waals surface area contributed by atoms with E-state index in [1.165, 1.54) is 17.5 Å². The van der Waals surface area contributed by atoms with Crippen molar-refractivity contribution in [1.82, 2.24) is 0 Å². The molecule has 0 amide bonds. The topological polar surface area (TPSA) is 0 Å². The van der Waals surface area contributed by atoms with Crippen molar-refractivity contribution in [2.24, 2.45) is 0 Å². The molecule has 1 aromatic carbocycles. The Balaban J connectivity index is 2.80. The molecule has 0 aromatic heterocycles. The first-order valence-electron chi connectivity index (χ1n) is 5.00. The van der Waals surface area contributed by atoms with Gasteiger partial charge in [0, 0.05) is 0 Å². The molecule has 0 fully saturated rings. The second-order valence-corrected chi connectivity index (χ2v) is 3.48. The SMILES string of the molecule is CC=Cc1ccc(C(C)CC)cc1. The summed E-state index contributed by atoms with van der Waals surface area (Å²) in [6.07, 6.45) is 5.40. The molecule has 0 nitrogen and oxygen atoms in total. The summed E-state index contributed by atoms with van der Waals surface area (Å²) in [6, 6.07) is 8.82. The Kier molecular flexibility index (Phi) is 3.75. The number of hydrogen-bond donors (Lipinski definition) is 0. The summed E-state index contributed by atoms with van der Waals surface area (Å²) in [7, 11) is 0. The fraction of sp³-hybridized carbons (Fsp3) is 0.385. The third-order valence-electron chi connectivity index (χ3n) is 2.48. The lowest BCUT2D eigenvalue weighted by atomic mass is 9.98. The van der Waals surface area contributed by atoms with Crippen LogP contribution >= 0.6 is 0 Å². The molecule has 70 valence electrons. The lowest BCUT2D eigenvalue weighted by molar-refractivity contribution is 0.733. The van der Waals surface area contributed by atoms with E-state index in [0.29, 0.717) is 5.92 Å². The zero-order valence-electron chi connectivity index (χ0n) is 8.75. The normalized spacial score (nSPS) is 13.5. The summed E-state index contributed by atoms with van der Waals surface area (Å²) in [5.74, 6) is 0.680. The van der Waals surface area contributed by atoms with Crippen LogP contribution in [0.5, 0.6) is 0 Å². The summed E-state index contributed by atoms with van der Waals surface area (Å²) in [6.45, 7) is 6.54. The molecule has 0 saturated heterocycles. The molecule has 0 heterocycles. The van der Waals surface area contributed by atoms with Crippen molar-refractivity contribution in [2.45, 2.75) is 33.1 Å². The van der Waals surface area contributed by atoms with Crippen molar-refractivity contribution in [3.63, 3.8) is 0 Å². The minimum absolute atomic E-state index is 0.680. The van der Waals surface area contributed by atoms with Gasteiger partial charge in [-0.2, -0.15) is 0 Å². The standard InChI is InChI=1S/C13H18/c1-4-6-12-7-9-13(10-8-12)11(3)5-2/h4,6-11H,5H2,1-3H3. The molecular formula is C13H18. The van der Waals surface area contributed by atoms with E-state index in [1.54, 1.807) is 0 Å². The zero-order chi connectivity index (χ0) is 9.68. The molecule has 1 aromatic rings. The van der Waals surface area contributed by atoms with Crippen molar-refractivity contribution in [3.05, 3.63) is 41.5 Å². The Bertz CT molecular complexity index is 267. The van der Waals surface area contributed by atoms with Crippen LogP contribution in [0.1, 0.15) is 44.2 Å². The Hall–Kier alpha value is -1.04. The van der Waals surface area contributed by atoms with Gasteiger partial charge in [0.25, 0.3) is 0 Å². The molecule has 0 radical (unpaired) electrons. The van der Waals surface area contributed by atoms with Crippen molar-refractivity contribution >= 4 is 6.08 Å². The molecule has 1 atom stereocenters. The van der Waals surface area contributed by atoms with E-state index in [9.17, 15) is 0 Å². The second kappa shape index (κ2) is 4.86. The maximum atomic E-state index is 2.27. The van der Waals surface area contributed by atoms with Crippen molar-refractivity contribution in [1.29, 1.82) is 0 Å². The van der Waals surface area contributed by atoms with Gasteiger partial charge in [-0.1, -0.05) is 50.3 Å². The first-order chi connectivity index (χ1) is 6.27. The van der Waals surface area contributed by atoms with Gasteiger partial charge in [0.15, 0.2) is 0 Å². The first-order valence-corrected chi connectivity index (χ1v) is 5.00. The summed E-state index contributed by atoms with van der Waals surface area (Å²) >= 11 is 0. The van der Waals surface area contributed by atoms with Gasteiger partial charge in [0.1, 0.15) is 0 Å². The van der Waals surface area contributed by atoms with Crippen molar-refractivity contribution < 1.29 is 0 Å². The molecule has 0 aliphatic carbocycles. The molecule has 1 rings (SSSR count). The predicted molar refractivity (Wildman–Crippen MR) is 59.9 cm³/mol. The third-order valence-corrected chi connectivity index (χ3v) is 2.48. The molecular weight excluding hydrogens is 156 g/mol. The molecule has 0 heteroatoms. The van der Waals surface area contributed by atoms with Gasteiger partial charge in [-0.15, -0.1) is 0 Å². The van der Waals surface area contributed by atoms with Crippen LogP contribution in [0.15, 0.2) is 30.3 Å². The van der Waals surface area contributed by atoms with Gasteiger partial charge < -0.3 is 0 Å². The summed E-state index contributed by atoms with van der Waals surface area (Å²) < 4.78 is 0. The number of hydrogen-bond acceptors (Lipinski definition) is 0. The molecule has 0 saturated carbocycles. The number of allylic oxidation sites excluding steroid dienone is 1. The monoisotopic (exact) mass is 174 g/mol. The van der Waals surface area contributed by atoms with Gasteiger partial charge in [-0.3, -0.25) is 0 Å². The third kappa shape index (κ3) is 2.73. The van der Waals surface area contributed by atoms with Gasteiger partial charge in [-0.25, -0.2) is 0 Å². The molecule has 0 N–H and O–H groups in total. The Morgan fingerprint density at radius 2 is 1.85 bits per heavy atom. The van der Waals surface area contributed by atoms with Crippen LogP contribution in [0, 0.1) is 0 Å². The van der Waals surface area contributed by atoms with E-state index in [0.717, 1.165) is 0 Å². The van der Waals surface area contributed by atoms with E-state index in [4.69, 9.17) is 0 Å². The van der Waals surface area contributed by atoms with E-state index in [-0.39, 0.29) is 0 Å². The average Bonchev–Trinajstić information content (AvgIpc) is 2.18. The minimum atomic E-state index is 0.680. The second-order valence-electron chi connectivity index (χ2n) is 3.48. The van der Waals surface area contributed by atoms with Gasteiger partial charge in [0.2, 0.25) is 0 Å². The Labute approximate surface area is 81.3 Å². The molecule has 0 bridgehead atoms. The number of rotatable bonds is 3. The fourth-order valence-corrected chi connectivity index (χ4v) is 1.36. The van der Waals surface area contributed by atoms with E-state index in [2.05, 4.69) is 50.3 Å². The molecule has 1 unspecified atom stereocenters.